The lowest BCUT2D eigenvalue weighted by atomic mass is 9.34. The predicted molar refractivity (Wildman–Crippen MR) is 323 cm³/mol. The number of anilines is 3. The van der Waals surface area contributed by atoms with Crippen LogP contribution in [0.5, 0.6) is 11.5 Å². The van der Waals surface area contributed by atoms with Gasteiger partial charge in [-0.25, -0.2) is 0 Å². The fourth-order valence-electron chi connectivity index (χ4n) is 12.7. The fourth-order valence-corrected chi connectivity index (χ4v) is 12.7. The summed E-state index contributed by atoms with van der Waals surface area (Å²) in [7, 11) is 0. The minimum atomic E-state index is -0.183. The maximum Gasteiger partial charge on any atom is 0.256 e. The van der Waals surface area contributed by atoms with E-state index in [-0.39, 0.29) is 23.0 Å². The average Bonchev–Trinajstić information content (AvgIpc) is 4.07. The Morgan fingerprint density at radius 2 is 0.987 bits per heavy atom. The second-order valence-corrected chi connectivity index (χ2v) is 24.8. The van der Waals surface area contributed by atoms with Crippen LogP contribution in [0.15, 0.2) is 174 Å². The topological polar surface area (TPSA) is 35.5 Å². The zero-order valence-corrected chi connectivity index (χ0v) is 45.5. The van der Waals surface area contributed by atoms with Crippen LogP contribution in [0, 0.1) is 0 Å². The molecule has 0 saturated carbocycles. The lowest BCUT2D eigenvalue weighted by Crippen LogP contribution is -2.59. The van der Waals surface area contributed by atoms with E-state index >= 15 is 0 Å². The number of nitrogens with zero attached hydrogens (tertiary/aromatic N) is 3. The van der Waals surface area contributed by atoms with Gasteiger partial charge in [-0.2, -0.15) is 0 Å². The molecule has 5 nitrogen and oxygen atoms in total. The van der Waals surface area contributed by atoms with Gasteiger partial charge in [0.05, 0.1) is 27.8 Å². The Labute approximate surface area is 446 Å². The maximum atomic E-state index is 7.44. The normalized spacial score (nSPS) is 13.6. The van der Waals surface area contributed by atoms with Crippen LogP contribution in [0.1, 0.15) is 104 Å². The molecule has 0 amide bonds. The molecule has 374 valence electrons. The monoisotopic (exact) mass is 990 g/mol. The highest BCUT2D eigenvalue weighted by molar-refractivity contribution is 6.99. The van der Waals surface area contributed by atoms with Crippen LogP contribution < -0.4 is 26.0 Å². The van der Waals surface area contributed by atoms with Crippen molar-refractivity contribution in [2.75, 3.05) is 4.90 Å². The van der Waals surface area contributed by atoms with Gasteiger partial charge in [0.1, 0.15) is 22.7 Å². The largest absolute Gasteiger partial charge is 0.458 e. The molecule has 5 heterocycles. The van der Waals surface area contributed by atoms with Crippen molar-refractivity contribution < 1.29 is 9.15 Å². The Balaban J connectivity index is 1.04. The van der Waals surface area contributed by atoms with E-state index in [2.05, 4.69) is 253 Å². The molecule has 12 aromatic rings. The molecule has 6 heteroatoms. The average molecular weight is 990 g/mol. The van der Waals surface area contributed by atoms with E-state index < -0.39 is 0 Å². The molecule has 0 aliphatic carbocycles. The molecule has 0 spiro atoms. The standard InChI is InChI=1S/C70H64BN3O2/c1-11-12-19-42-34-53-50-22-15-18-25-63(50)75-64(53)41-60(42)74-61-39-46(72-56-23-16-13-20-48(56)51-35-43(68(2,3)4)26-32-58(51)72)28-30-54(61)71-55-31-29-47(40-65(55)76-66-38-45(70(8,9)10)37-62(74)67(66)71)73-57-24-17-14-21-49(57)52-36-44(69(5,6)7)27-33-59(52)73/h13-18,20-41H,11-12,19H2,1-10H3. The van der Waals surface area contributed by atoms with Crippen molar-refractivity contribution in [2.24, 2.45) is 0 Å². The number of rotatable bonds is 6. The molecule has 76 heavy (non-hydrogen) atoms. The third kappa shape index (κ3) is 7.05. The molecule has 9 aromatic carbocycles. The molecule has 0 unspecified atom stereocenters. The molecule has 2 aliphatic heterocycles. The first kappa shape index (κ1) is 46.6. The number of hydrogen-bond acceptors (Lipinski definition) is 3. The summed E-state index contributed by atoms with van der Waals surface area (Å²) in [5.41, 5.74) is 20.9. The summed E-state index contributed by atoms with van der Waals surface area (Å²) in [5.74, 6) is 1.79. The highest BCUT2D eigenvalue weighted by Gasteiger charge is 2.44. The Bertz CT molecular complexity index is 4390. The molecule has 0 N–H and O–H groups in total. The predicted octanol–water partition coefficient (Wildman–Crippen LogP) is 17.4. The van der Waals surface area contributed by atoms with E-state index in [9.17, 15) is 0 Å². The van der Waals surface area contributed by atoms with Crippen LogP contribution in [0.25, 0.3) is 76.9 Å². The highest BCUT2D eigenvalue weighted by Crippen LogP contribution is 2.48. The molecule has 3 aromatic heterocycles. The number of unbranched alkanes of at least 4 members (excludes halogenated alkanes) is 1. The highest BCUT2D eigenvalue weighted by atomic mass is 16.5. The van der Waals surface area contributed by atoms with Crippen LogP contribution in [0.2, 0.25) is 0 Å². The molecule has 0 atom stereocenters. The van der Waals surface area contributed by atoms with Crippen molar-refractivity contribution in [1.29, 1.82) is 0 Å². The summed E-state index contributed by atoms with van der Waals surface area (Å²) < 4.78 is 19.2. The number of ether oxygens (including phenoxy) is 1. The summed E-state index contributed by atoms with van der Waals surface area (Å²) in [6.07, 6.45) is 3.09. The van der Waals surface area contributed by atoms with E-state index in [0.717, 1.165) is 86.6 Å². The molecule has 0 bridgehead atoms. The van der Waals surface area contributed by atoms with Crippen LogP contribution in [0.4, 0.5) is 17.1 Å². The van der Waals surface area contributed by atoms with Gasteiger partial charge in [-0.3, -0.25) is 0 Å². The Hall–Kier alpha value is -7.96. The smallest absolute Gasteiger partial charge is 0.256 e. The number of furan rings is 1. The van der Waals surface area contributed by atoms with Crippen molar-refractivity contribution in [3.8, 4) is 22.9 Å². The summed E-state index contributed by atoms with van der Waals surface area (Å²) in [6, 6.07) is 64.1. The maximum absolute atomic E-state index is 7.44. The second kappa shape index (κ2) is 16.5. The minimum absolute atomic E-state index is 0.0126. The van der Waals surface area contributed by atoms with E-state index in [1.54, 1.807) is 0 Å². The molecular weight excluding hydrogens is 926 g/mol. The molecule has 2 aliphatic rings. The van der Waals surface area contributed by atoms with Crippen LogP contribution >= 0.6 is 0 Å². The van der Waals surface area contributed by atoms with Gasteiger partial charge in [0.25, 0.3) is 6.71 Å². The van der Waals surface area contributed by atoms with Gasteiger partial charge < -0.3 is 23.2 Å². The first-order valence-electron chi connectivity index (χ1n) is 27.5. The summed E-state index contributed by atoms with van der Waals surface area (Å²) >= 11 is 0. The van der Waals surface area contributed by atoms with Crippen molar-refractivity contribution in [1.82, 2.24) is 9.13 Å². The second-order valence-electron chi connectivity index (χ2n) is 24.8. The third-order valence-electron chi connectivity index (χ3n) is 16.8. The van der Waals surface area contributed by atoms with E-state index in [0.29, 0.717) is 0 Å². The molecule has 0 fully saturated rings. The van der Waals surface area contributed by atoms with Gasteiger partial charge in [-0.05, 0) is 147 Å². The van der Waals surface area contributed by atoms with E-state index in [1.165, 1.54) is 76.8 Å². The van der Waals surface area contributed by atoms with Crippen LogP contribution in [-0.2, 0) is 22.7 Å². The quantitative estimate of drug-likeness (QED) is 0.156. The number of fused-ring (bicyclic) bond motifs is 13. The van der Waals surface area contributed by atoms with Crippen molar-refractivity contribution in [3.63, 3.8) is 0 Å². The Kier molecular flexibility index (Phi) is 10.1. The lowest BCUT2D eigenvalue weighted by Gasteiger charge is -2.42. The Morgan fingerprint density at radius 3 is 1.61 bits per heavy atom. The minimum Gasteiger partial charge on any atom is -0.458 e. The molecular formula is C70H64BN3O2. The SMILES string of the molecule is CCCCc1cc2c(cc1N1c3cc(-n4c5ccccc5c5cc(C(C)(C)C)ccc54)ccc3B3c4ccc(-n5c6ccccc6c6cc(C(C)(C)C)ccc65)cc4Oc4cc(C(C)(C)C)cc1c43)oc1ccccc12. The van der Waals surface area contributed by atoms with E-state index in [4.69, 9.17) is 9.15 Å². The molecule has 14 rings (SSSR count). The summed E-state index contributed by atoms with van der Waals surface area (Å²) in [4.78, 5) is 2.58. The van der Waals surface area contributed by atoms with Gasteiger partial charge in [0, 0.05) is 67.2 Å². The molecule has 0 saturated heterocycles. The van der Waals surface area contributed by atoms with Crippen LogP contribution in [0.3, 0.4) is 0 Å². The van der Waals surface area contributed by atoms with Gasteiger partial charge in [-0.1, -0.05) is 155 Å². The lowest BCUT2D eigenvalue weighted by molar-refractivity contribution is 0.483. The van der Waals surface area contributed by atoms with Crippen molar-refractivity contribution in [3.05, 3.63) is 192 Å². The first-order valence-corrected chi connectivity index (χ1v) is 27.5. The number of benzene rings is 9. The summed E-state index contributed by atoms with van der Waals surface area (Å²) in [6.45, 7) is 22.9. The number of aryl methyl sites for hydroxylation is 1. The summed E-state index contributed by atoms with van der Waals surface area (Å²) in [5, 5.41) is 7.35. The Morgan fingerprint density at radius 1 is 0.421 bits per heavy atom. The number of para-hydroxylation sites is 3. The number of hydrogen-bond donors (Lipinski definition) is 0. The zero-order chi connectivity index (χ0) is 52.2. The van der Waals surface area contributed by atoms with Crippen molar-refractivity contribution in [2.45, 2.75) is 105 Å². The van der Waals surface area contributed by atoms with Crippen molar-refractivity contribution >= 4 is 106 Å². The van der Waals surface area contributed by atoms with Gasteiger partial charge >= 0.3 is 0 Å². The third-order valence-corrected chi connectivity index (χ3v) is 16.8. The van der Waals surface area contributed by atoms with Crippen LogP contribution in [-0.4, -0.2) is 15.8 Å². The first-order chi connectivity index (χ1) is 36.5. The van der Waals surface area contributed by atoms with E-state index in [1.807, 2.05) is 0 Å². The fraction of sp³-hybridized carbons (Fsp3) is 0.229. The van der Waals surface area contributed by atoms with Gasteiger partial charge in [0.2, 0.25) is 0 Å². The zero-order valence-electron chi connectivity index (χ0n) is 45.5. The van der Waals surface area contributed by atoms with Gasteiger partial charge in [0.15, 0.2) is 0 Å². The van der Waals surface area contributed by atoms with Gasteiger partial charge in [-0.15, -0.1) is 0 Å². The number of aromatic nitrogens is 2. The molecule has 0 radical (unpaired) electrons.